The van der Waals surface area contributed by atoms with Crippen molar-refractivity contribution in [2.75, 3.05) is 31.6 Å². The zero-order valence-electron chi connectivity index (χ0n) is 18.7. The van der Waals surface area contributed by atoms with Crippen LogP contribution in [0.4, 0.5) is 5.69 Å². The summed E-state index contributed by atoms with van der Waals surface area (Å²) < 4.78 is 0. The van der Waals surface area contributed by atoms with E-state index in [1.54, 1.807) is 0 Å². The first-order valence-corrected chi connectivity index (χ1v) is 11.8. The number of hydrogen-bond acceptors (Lipinski definition) is 5. The van der Waals surface area contributed by atoms with Gasteiger partial charge in [0.25, 0.3) is 0 Å². The largest absolute Gasteiger partial charge is 0.371 e. The molecule has 164 valence electrons. The lowest BCUT2D eigenvalue weighted by Gasteiger charge is -2.35. The van der Waals surface area contributed by atoms with Crippen LogP contribution in [0, 0.1) is 17.2 Å². The van der Waals surface area contributed by atoms with Gasteiger partial charge in [0.05, 0.1) is 6.07 Å². The molecule has 2 aliphatic heterocycles. The number of pyridine rings is 1. The minimum Gasteiger partial charge on any atom is -0.371 e. The van der Waals surface area contributed by atoms with Gasteiger partial charge in [0.15, 0.2) is 0 Å². The maximum Gasteiger partial charge on any atom is 0.0657 e. The Morgan fingerprint density at radius 1 is 1.13 bits per heavy atom. The van der Waals surface area contributed by atoms with Gasteiger partial charge in [-0.25, -0.2) is 0 Å². The second kappa shape index (κ2) is 10.7. The molecule has 5 nitrogen and oxygen atoms in total. The number of hydrogen-bond donors (Lipinski definition) is 2. The van der Waals surface area contributed by atoms with Crippen molar-refractivity contribution in [2.45, 2.75) is 57.5 Å². The fourth-order valence-corrected chi connectivity index (χ4v) is 5.06. The average molecular weight is 418 g/mol. The minimum atomic E-state index is 0.250. The number of aromatic nitrogens is 1. The molecule has 1 fully saturated rings. The Labute approximate surface area is 186 Å². The van der Waals surface area contributed by atoms with Crippen LogP contribution in [0.25, 0.3) is 0 Å². The number of aryl methyl sites for hydroxylation is 2. The second-order valence-corrected chi connectivity index (χ2v) is 8.96. The van der Waals surface area contributed by atoms with E-state index >= 15 is 0 Å². The standard InChI is InChI=1S/C17H24N4.C9H11N/c1-19-12-15-9-16-14(11-20-15)3-2-4-17(16)21-7-5-13(10-18)6-8-21;1-2-6-9-8(4-1)5-3-7-10-9/h2-4,13,15,19-20H,5-9,11-12H2,1H3;3,5,7H,1-2,4,6H2/t15-;/m0./s1. The monoisotopic (exact) mass is 417 g/mol. The van der Waals surface area contributed by atoms with Crippen molar-refractivity contribution in [3.8, 4) is 6.07 Å². The highest BCUT2D eigenvalue weighted by Gasteiger charge is 2.25. The van der Waals surface area contributed by atoms with Crippen LogP contribution in [0.15, 0.2) is 36.5 Å². The number of rotatable bonds is 3. The van der Waals surface area contributed by atoms with Gasteiger partial charge in [0.2, 0.25) is 0 Å². The Kier molecular flexibility index (Phi) is 7.56. The highest BCUT2D eigenvalue weighted by atomic mass is 15.1. The Balaban J connectivity index is 0.000000192. The van der Waals surface area contributed by atoms with E-state index in [0.717, 1.165) is 45.4 Å². The fraction of sp³-hybridized carbons (Fsp3) is 0.538. The molecule has 0 radical (unpaired) electrons. The van der Waals surface area contributed by atoms with Crippen molar-refractivity contribution in [3.05, 3.63) is 58.9 Å². The van der Waals surface area contributed by atoms with Crippen molar-refractivity contribution in [1.29, 1.82) is 5.26 Å². The lowest BCUT2D eigenvalue weighted by Crippen LogP contribution is -2.43. The summed E-state index contributed by atoms with van der Waals surface area (Å²) in [5, 5.41) is 15.9. The van der Waals surface area contributed by atoms with Crippen molar-refractivity contribution in [1.82, 2.24) is 15.6 Å². The molecule has 1 aromatic heterocycles. The van der Waals surface area contributed by atoms with Gasteiger partial charge >= 0.3 is 0 Å². The highest BCUT2D eigenvalue weighted by Crippen LogP contribution is 2.31. The summed E-state index contributed by atoms with van der Waals surface area (Å²) in [5.74, 6) is 0.250. The first kappa shape index (κ1) is 21.8. The summed E-state index contributed by atoms with van der Waals surface area (Å²) in [5.41, 5.74) is 7.13. The van der Waals surface area contributed by atoms with Crippen LogP contribution in [-0.2, 0) is 25.8 Å². The topological polar surface area (TPSA) is 64.0 Å². The summed E-state index contributed by atoms with van der Waals surface area (Å²) in [6.07, 6.45) is 10.1. The van der Waals surface area contributed by atoms with E-state index in [1.807, 2.05) is 19.3 Å². The number of anilines is 1. The molecule has 3 heterocycles. The molecule has 2 aromatic rings. The van der Waals surface area contributed by atoms with Crippen LogP contribution in [0.5, 0.6) is 0 Å². The number of nitrogens with zero attached hydrogens (tertiary/aromatic N) is 3. The smallest absolute Gasteiger partial charge is 0.0657 e. The van der Waals surface area contributed by atoms with E-state index < -0.39 is 0 Å². The van der Waals surface area contributed by atoms with E-state index in [9.17, 15) is 0 Å². The van der Waals surface area contributed by atoms with E-state index in [4.69, 9.17) is 5.26 Å². The Morgan fingerprint density at radius 2 is 1.94 bits per heavy atom. The molecule has 5 heteroatoms. The van der Waals surface area contributed by atoms with Gasteiger partial charge in [-0.15, -0.1) is 0 Å². The molecule has 1 atom stereocenters. The number of piperidine rings is 1. The van der Waals surface area contributed by atoms with Crippen LogP contribution in [-0.4, -0.2) is 37.7 Å². The van der Waals surface area contributed by atoms with Crippen molar-refractivity contribution in [3.63, 3.8) is 0 Å². The Hall–Kier alpha value is -2.42. The number of likely N-dealkylation sites (N-methyl/N-ethyl adjacent to an activating group) is 1. The van der Waals surface area contributed by atoms with Crippen molar-refractivity contribution in [2.24, 2.45) is 5.92 Å². The third kappa shape index (κ3) is 5.44. The molecular formula is C26H35N5. The predicted molar refractivity (Wildman–Crippen MR) is 126 cm³/mol. The van der Waals surface area contributed by atoms with Gasteiger partial charge < -0.3 is 15.5 Å². The zero-order chi connectivity index (χ0) is 21.5. The van der Waals surface area contributed by atoms with E-state index in [1.165, 1.54) is 53.8 Å². The Bertz CT molecular complexity index is 870. The summed E-state index contributed by atoms with van der Waals surface area (Å²) >= 11 is 0. The molecule has 0 unspecified atom stereocenters. The molecule has 3 aliphatic rings. The van der Waals surface area contributed by atoms with Gasteiger partial charge in [0, 0.05) is 55.7 Å². The molecule has 1 aliphatic carbocycles. The maximum atomic E-state index is 9.05. The lowest BCUT2D eigenvalue weighted by molar-refractivity contribution is 0.457. The average Bonchev–Trinajstić information content (AvgIpc) is 2.84. The molecule has 1 saturated heterocycles. The van der Waals surface area contributed by atoms with Gasteiger partial charge in [0.1, 0.15) is 0 Å². The fourth-order valence-electron chi connectivity index (χ4n) is 5.06. The quantitative estimate of drug-likeness (QED) is 0.799. The van der Waals surface area contributed by atoms with Gasteiger partial charge in [-0.2, -0.15) is 5.26 Å². The maximum absolute atomic E-state index is 9.05. The molecule has 5 rings (SSSR count). The van der Waals surface area contributed by atoms with E-state index in [0.29, 0.717) is 6.04 Å². The Morgan fingerprint density at radius 3 is 2.71 bits per heavy atom. The molecule has 1 aromatic carbocycles. The molecule has 2 N–H and O–H groups in total. The summed E-state index contributed by atoms with van der Waals surface area (Å²) in [6.45, 7) is 3.99. The zero-order valence-corrected chi connectivity index (χ0v) is 18.7. The molecule has 0 spiro atoms. The van der Waals surface area contributed by atoms with Crippen LogP contribution in [0.3, 0.4) is 0 Å². The minimum absolute atomic E-state index is 0.250. The van der Waals surface area contributed by atoms with Gasteiger partial charge in [-0.1, -0.05) is 18.2 Å². The second-order valence-electron chi connectivity index (χ2n) is 8.96. The predicted octanol–water partition coefficient (Wildman–Crippen LogP) is 3.62. The summed E-state index contributed by atoms with van der Waals surface area (Å²) in [7, 11) is 2.01. The molecular weight excluding hydrogens is 382 g/mol. The molecule has 0 saturated carbocycles. The van der Waals surface area contributed by atoms with Crippen molar-refractivity contribution >= 4 is 5.69 Å². The number of nitrogens with one attached hydrogen (secondary N) is 2. The summed E-state index contributed by atoms with van der Waals surface area (Å²) in [6, 6.07) is 13.8. The van der Waals surface area contributed by atoms with E-state index in [-0.39, 0.29) is 5.92 Å². The summed E-state index contributed by atoms with van der Waals surface area (Å²) in [4.78, 5) is 6.80. The first-order chi connectivity index (χ1) is 15.3. The van der Waals surface area contributed by atoms with Crippen LogP contribution < -0.4 is 15.5 Å². The molecule has 31 heavy (non-hydrogen) atoms. The number of nitriles is 1. The van der Waals surface area contributed by atoms with Crippen molar-refractivity contribution < 1.29 is 0 Å². The van der Waals surface area contributed by atoms with E-state index in [2.05, 4.69) is 50.9 Å². The molecule has 0 amide bonds. The molecule has 0 bridgehead atoms. The van der Waals surface area contributed by atoms with Gasteiger partial charge in [-0.05, 0) is 80.8 Å². The third-order valence-corrected chi connectivity index (χ3v) is 6.84. The first-order valence-electron chi connectivity index (χ1n) is 11.8. The third-order valence-electron chi connectivity index (χ3n) is 6.84. The number of fused-ring (bicyclic) bond motifs is 2. The highest BCUT2D eigenvalue weighted by molar-refractivity contribution is 5.58. The van der Waals surface area contributed by atoms with Crippen LogP contribution in [0.1, 0.15) is 48.1 Å². The van der Waals surface area contributed by atoms with Gasteiger partial charge in [-0.3, -0.25) is 4.98 Å². The van der Waals surface area contributed by atoms with Crippen LogP contribution in [0.2, 0.25) is 0 Å². The van der Waals surface area contributed by atoms with Crippen LogP contribution >= 0.6 is 0 Å². The lowest BCUT2D eigenvalue weighted by atomic mass is 9.91. The SMILES string of the molecule is CNC[C@@H]1Cc2c(cccc2N2CCC(C#N)CC2)CN1.c1cnc2c(c1)CCCC2. The number of benzene rings is 1. The normalized spacial score (nSPS) is 20.6.